The van der Waals surface area contributed by atoms with Crippen LogP contribution in [0.3, 0.4) is 0 Å². The smallest absolute Gasteiger partial charge is 0.222 e. The Kier molecular flexibility index (Phi) is 11.2. The van der Waals surface area contributed by atoms with Gasteiger partial charge < -0.3 is 24.1 Å². The summed E-state index contributed by atoms with van der Waals surface area (Å²) in [6.07, 6.45) is 1.44. The molecule has 3 rings (SSSR count). The molecule has 8 nitrogen and oxygen atoms in total. The normalized spacial score (nSPS) is 12.2. The SMILES string of the molecule is CCCCOC[C@H](O)CN(CCOC)Cc1c(-c2ccccc2)nn(C)c1Oc1ccc(OC)cc1. The van der Waals surface area contributed by atoms with Crippen molar-refractivity contribution in [2.24, 2.45) is 7.05 Å². The minimum Gasteiger partial charge on any atom is -0.497 e. The van der Waals surface area contributed by atoms with Crippen molar-refractivity contribution in [3.05, 3.63) is 60.2 Å². The van der Waals surface area contributed by atoms with Gasteiger partial charge in [-0.05, 0) is 30.7 Å². The van der Waals surface area contributed by atoms with Crippen molar-refractivity contribution >= 4 is 0 Å². The van der Waals surface area contributed by atoms with E-state index in [1.807, 2.05) is 61.6 Å². The summed E-state index contributed by atoms with van der Waals surface area (Å²) in [5, 5.41) is 15.5. The molecule has 1 heterocycles. The highest BCUT2D eigenvalue weighted by atomic mass is 16.5. The first kappa shape index (κ1) is 27.7. The number of hydrogen-bond acceptors (Lipinski definition) is 7. The van der Waals surface area contributed by atoms with Crippen molar-refractivity contribution in [2.75, 3.05) is 47.1 Å². The molecule has 0 fully saturated rings. The maximum Gasteiger partial charge on any atom is 0.222 e. The van der Waals surface area contributed by atoms with Crippen molar-refractivity contribution in [3.63, 3.8) is 0 Å². The van der Waals surface area contributed by atoms with Gasteiger partial charge in [0.15, 0.2) is 0 Å². The van der Waals surface area contributed by atoms with Crippen LogP contribution in [-0.4, -0.2) is 73.0 Å². The maximum absolute atomic E-state index is 10.7. The first-order valence-electron chi connectivity index (χ1n) is 12.5. The zero-order chi connectivity index (χ0) is 25.8. The summed E-state index contributed by atoms with van der Waals surface area (Å²) in [4.78, 5) is 2.15. The highest BCUT2D eigenvalue weighted by molar-refractivity contribution is 5.65. The van der Waals surface area contributed by atoms with Crippen molar-refractivity contribution in [1.29, 1.82) is 0 Å². The lowest BCUT2D eigenvalue weighted by molar-refractivity contribution is 0.0101. The predicted molar refractivity (Wildman–Crippen MR) is 141 cm³/mol. The zero-order valence-electron chi connectivity index (χ0n) is 21.9. The zero-order valence-corrected chi connectivity index (χ0v) is 21.9. The van der Waals surface area contributed by atoms with Gasteiger partial charge in [0.1, 0.15) is 17.2 Å². The molecule has 196 valence electrons. The molecule has 3 aromatic rings. The average Bonchev–Trinajstić information content (AvgIpc) is 3.20. The van der Waals surface area contributed by atoms with E-state index in [1.54, 1.807) is 18.9 Å². The molecule has 0 spiro atoms. The van der Waals surface area contributed by atoms with E-state index in [0.29, 0.717) is 51.1 Å². The van der Waals surface area contributed by atoms with Gasteiger partial charge in [0.05, 0.1) is 32.0 Å². The molecule has 0 aliphatic carbocycles. The highest BCUT2D eigenvalue weighted by Crippen LogP contribution is 2.34. The lowest BCUT2D eigenvalue weighted by Crippen LogP contribution is -2.36. The van der Waals surface area contributed by atoms with E-state index in [1.165, 1.54) is 0 Å². The number of benzene rings is 2. The summed E-state index contributed by atoms with van der Waals surface area (Å²) >= 11 is 0. The summed E-state index contributed by atoms with van der Waals surface area (Å²) in [6.45, 7) is 5.24. The molecule has 8 heteroatoms. The van der Waals surface area contributed by atoms with E-state index in [2.05, 4.69) is 11.8 Å². The second-order valence-electron chi connectivity index (χ2n) is 8.71. The molecule has 1 atom stereocenters. The van der Waals surface area contributed by atoms with Crippen LogP contribution in [0, 0.1) is 0 Å². The highest BCUT2D eigenvalue weighted by Gasteiger charge is 2.23. The summed E-state index contributed by atoms with van der Waals surface area (Å²) < 4.78 is 24.4. The summed E-state index contributed by atoms with van der Waals surface area (Å²) in [5.41, 5.74) is 2.79. The van der Waals surface area contributed by atoms with Crippen LogP contribution in [0.15, 0.2) is 54.6 Å². The molecule has 0 aliphatic heterocycles. The molecular formula is C28H39N3O5. The van der Waals surface area contributed by atoms with Gasteiger partial charge in [0.25, 0.3) is 0 Å². The van der Waals surface area contributed by atoms with Gasteiger partial charge >= 0.3 is 0 Å². The first-order chi connectivity index (χ1) is 17.5. The second kappa shape index (κ2) is 14.6. The average molecular weight is 498 g/mol. The lowest BCUT2D eigenvalue weighted by atomic mass is 10.1. The van der Waals surface area contributed by atoms with Gasteiger partial charge in [-0.2, -0.15) is 5.10 Å². The quantitative estimate of drug-likeness (QED) is 0.292. The fourth-order valence-electron chi connectivity index (χ4n) is 3.90. The maximum atomic E-state index is 10.7. The number of aryl methyl sites for hydroxylation is 1. The number of rotatable bonds is 16. The molecule has 0 aliphatic rings. The number of hydrogen-bond donors (Lipinski definition) is 1. The third-order valence-electron chi connectivity index (χ3n) is 5.82. The van der Waals surface area contributed by atoms with E-state index in [-0.39, 0.29) is 0 Å². The Hall–Kier alpha value is -2.91. The lowest BCUT2D eigenvalue weighted by Gasteiger charge is -2.25. The minimum atomic E-state index is -0.610. The van der Waals surface area contributed by atoms with Crippen LogP contribution in [0.4, 0.5) is 0 Å². The van der Waals surface area contributed by atoms with Crippen LogP contribution < -0.4 is 9.47 Å². The molecular weight excluding hydrogens is 458 g/mol. The van der Waals surface area contributed by atoms with Crippen LogP contribution in [0.5, 0.6) is 17.4 Å². The van der Waals surface area contributed by atoms with Crippen LogP contribution in [0.2, 0.25) is 0 Å². The molecule has 1 aromatic heterocycles. The van der Waals surface area contributed by atoms with E-state index in [9.17, 15) is 5.11 Å². The monoisotopic (exact) mass is 497 g/mol. The first-order valence-corrected chi connectivity index (χ1v) is 12.5. The topological polar surface area (TPSA) is 78.2 Å². The number of nitrogens with zero attached hydrogens (tertiary/aromatic N) is 3. The summed E-state index contributed by atoms with van der Waals surface area (Å²) in [7, 11) is 5.20. The van der Waals surface area contributed by atoms with Gasteiger partial charge in [-0.25, -0.2) is 4.68 Å². The molecule has 2 aromatic carbocycles. The molecule has 36 heavy (non-hydrogen) atoms. The van der Waals surface area contributed by atoms with Crippen LogP contribution >= 0.6 is 0 Å². The fraction of sp³-hybridized carbons (Fsp3) is 0.464. The Morgan fingerprint density at radius 3 is 2.39 bits per heavy atom. The van der Waals surface area contributed by atoms with E-state index >= 15 is 0 Å². The van der Waals surface area contributed by atoms with Gasteiger partial charge in [0, 0.05) is 46.0 Å². The number of aliphatic hydroxyl groups excluding tert-OH is 1. The summed E-state index contributed by atoms with van der Waals surface area (Å²) in [5.74, 6) is 2.10. The van der Waals surface area contributed by atoms with Gasteiger partial charge in [-0.3, -0.25) is 4.90 Å². The molecule has 0 bridgehead atoms. The van der Waals surface area contributed by atoms with Crippen LogP contribution in [0.25, 0.3) is 11.3 Å². The standard InChI is InChI=1S/C28H39N3O5/c1-5-6-17-35-21-23(32)19-31(16-18-33-3)20-26-27(22-10-8-7-9-11-22)29-30(2)28(26)36-25-14-12-24(34-4)13-15-25/h7-15,23,32H,5-6,16-21H2,1-4H3/t23-/m1/s1. The van der Waals surface area contributed by atoms with Crippen molar-refractivity contribution < 1.29 is 24.1 Å². The van der Waals surface area contributed by atoms with Crippen LogP contribution in [-0.2, 0) is 23.1 Å². The molecule has 0 saturated carbocycles. The number of methoxy groups -OCH3 is 2. The third-order valence-corrected chi connectivity index (χ3v) is 5.82. The Labute approximate surface area is 214 Å². The van der Waals surface area contributed by atoms with Gasteiger partial charge in [-0.1, -0.05) is 43.7 Å². The largest absolute Gasteiger partial charge is 0.497 e. The third kappa shape index (κ3) is 8.06. The molecule has 0 unspecified atom stereocenters. The second-order valence-corrected chi connectivity index (χ2v) is 8.71. The van der Waals surface area contributed by atoms with Gasteiger partial charge in [0.2, 0.25) is 5.88 Å². The number of unbranched alkanes of at least 4 members (excludes halogenated alkanes) is 1. The predicted octanol–water partition coefficient (Wildman–Crippen LogP) is 4.51. The molecule has 0 amide bonds. The van der Waals surface area contributed by atoms with Crippen molar-refractivity contribution in [1.82, 2.24) is 14.7 Å². The van der Waals surface area contributed by atoms with Crippen LogP contribution in [0.1, 0.15) is 25.3 Å². The molecule has 0 radical (unpaired) electrons. The van der Waals surface area contributed by atoms with Crippen molar-refractivity contribution in [3.8, 4) is 28.6 Å². The number of aromatic nitrogens is 2. The fourth-order valence-corrected chi connectivity index (χ4v) is 3.90. The van der Waals surface area contributed by atoms with E-state index < -0.39 is 6.10 Å². The summed E-state index contributed by atoms with van der Waals surface area (Å²) in [6, 6.07) is 17.5. The molecule has 0 saturated heterocycles. The number of aliphatic hydroxyl groups is 1. The van der Waals surface area contributed by atoms with Crippen molar-refractivity contribution in [2.45, 2.75) is 32.4 Å². The Balaban J connectivity index is 1.88. The van der Waals surface area contributed by atoms with E-state index in [0.717, 1.165) is 35.4 Å². The Morgan fingerprint density at radius 2 is 1.72 bits per heavy atom. The van der Waals surface area contributed by atoms with E-state index in [4.69, 9.17) is 24.0 Å². The molecule has 1 N–H and O–H groups in total. The Bertz CT molecular complexity index is 1020. The minimum absolute atomic E-state index is 0.303. The van der Waals surface area contributed by atoms with Gasteiger partial charge in [-0.15, -0.1) is 0 Å². The Morgan fingerprint density at radius 1 is 1.00 bits per heavy atom. The number of ether oxygens (including phenoxy) is 4.